The second kappa shape index (κ2) is 13.0. The van der Waals surface area contributed by atoms with E-state index >= 15 is 0 Å². The number of amides is 4. The van der Waals surface area contributed by atoms with Crippen LogP contribution >= 0.6 is 12.6 Å². The molecule has 0 radical (unpaired) electrons. The standard InChI is InChI=1S/C16H29N5O7S/c1-7(2)12(18)15(26)21-10(6-29)14(25)19-8(3-4-11(17)23)13(24)20-9(5-22)16(27)28/h7-10,12,22,29H,3-6,18H2,1-2H3,(H2,17,23)(H,19,25)(H,20,24)(H,21,26)(H,27,28). The van der Waals surface area contributed by atoms with Gasteiger partial charge in [0.05, 0.1) is 12.6 Å². The van der Waals surface area contributed by atoms with Crippen LogP contribution in [0.1, 0.15) is 26.7 Å². The minimum atomic E-state index is -1.60. The zero-order valence-corrected chi connectivity index (χ0v) is 17.1. The van der Waals surface area contributed by atoms with Gasteiger partial charge in [0.2, 0.25) is 23.6 Å². The van der Waals surface area contributed by atoms with Crippen LogP contribution in [0.4, 0.5) is 0 Å². The molecule has 166 valence electrons. The Bertz CT molecular complexity index is 616. The summed E-state index contributed by atoms with van der Waals surface area (Å²) in [6, 6.07) is -4.92. The van der Waals surface area contributed by atoms with Crippen molar-refractivity contribution in [1.82, 2.24) is 16.0 Å². The maximum absolute atomic E-state index is 12.5. The van der Waals surface area contributed by atoms with E-state index in [1.54, 1.807) is 13.8 Å². The van der Waals surface area contributed by atoms with Gasteiger partial charge in [-0.1, -0.05) is 13.8 Å². The van der Waals surface area contributed by atoms with Crippen LogP contribution in [0.25, 0.3) is 0 Å². The highest BCUT2D eigenvalue weighted by molar-refractivity contribution is 7.80. The molecule has 0 aliphatic heterocycles. The van der Waals surface area contributed by atoms with Crippen molar-refractivity contribution < 1.29 is 34.2 Å². The number of carbonyl (C=O) groups excluding carboxylic acids is 4. The topological polar surface area (TPSA) is 214 Å². The zero-order chi connectivity index (χ0) is 22.7. The van der Waals surface area contributed by atoms with Crippen molar-refractivity contribution in [2.45, 2.75) is 50.9 Å². The van der Waals surface area contributed by atoms with Crippen LogP contribution in [0.15, 0.2) is 0 Å². The first-order valence-corrected chi connectivity index (χ1v) is 9.47. The molecule has 9 N–H and O–H groups in total. The fraction of sp³-hybridized carbons (Fsp3) is 0.688. The number of carboxylic acids is 1. The molecule has 12 nitrogen and oxygen atoms in total. The van der Waals surface area contributed by atoms with Gasteiger partial charge in [-0.05, 0) is 12.3 Å². The number of hydrogen-bond donors (Lipinski definition) is 8. The van der Waals surface area contributed by atoms with E-state index in [1.165, 1.54) is 0 Å². The molecule has 0 aromatic heterocycles. The lowest BCUT2D eigenvalue weighted by Crippen LogP contribution is -2.58. The first-order valence-electron chi connectivity index (χ1n) is 8.84. The van der Waals surface area contributed by atoms with Crippen LogP contribution in [0.2, 0.25) is 0 Å². The summed E-state index contributed by atoms with van der Waals surface area (Å²) in [5, 5.41) is 24.7. The molecule has 0 aromatic carbocycles. The van der Waals surface area contributed by atoms with Gasteiger partial charge < -0.3 is 37.6 Å². The number of hydrogen-bond acceptors (Lipinski definition) is 8. The number of primary amides is 1. The molecular formula is C16H29N5O7S. The van der Waals surface area contributed by atoms with Crippen LogP contribution in [0.3, 0.4) is 0 Å². The number of carbonyl (C=O) groups is 5. The first-order chi connectivity index (χ1) is 13.4. The number of aliphatic hydroxyl groups excluding tert-OH is 1. The van der Waals surface area contributed by atoms with Crippen LogP contribution in [-0.2, 0) is 24.0 Å². The molecule has 0 spiro atoms. The molecular weight excluding hydrogens is 406 g/mol. The summed E-state index contributed by atoms with van der Waals surface area (Å²) in [4.78, 5) is 58.9. The Labute approximate surface area is 173 Å². The minimum absolute atomic E-state index is 0.110. The summed E-state index contributed by atoms with van der Waals surface area (Å²) in [7, 11) is 0. The van der Waals surface area contributed by atoms with Gasteiger partial charge in [-0.15, -0.1) is 0 Å². The largest absolute Gasteiger partial charge is 0.480 e. The summed E-state index contributed by atoms with van der Waals surface area (Å²) >= 11 is 4.00. The number of thiol groups is 1. The van der Waals surface area contributed by atoms with Crippen LogP contribution in [0.5, 0.6) is 0 Å². The maximum Gasteiger partial charge on any atom is 0.328 e. The van der Waals surface area contributed by atoms with E-state index in [4.69, 9.17) is 21.7 Å². The quantitative estimate of drug-likeness (QED) is 0.137. The minimum Gasteiger partial charge on any atom is -0.480 e. The van der Waals surface area contributed by atoms with Gasteiger partial charge in [0.1, 0.15) is 18.1 Å². The van der Waals surface area contributed by atoms with Gasteiger partial charge in [-0.2, -0.15) is 12.6 Å². The van der Waals surface area contributed by atoms with Crippen molar-refractivity contribution in [3.63, 3.8) is 0 Å². The number of nitrogens with two attached hydrogens (primary N) is 2. The molecule has 0 rings (SSSR count). The smallest absolute Gasteiger partial charge is 0.328 e. The fourth-order valence-corrected chi connectivity index (χ4v) is 2.31. The third kappa shape index (κ3) is 9.58. The number of nitrogens with one attached hydrogen (secondary N) is 3. The van der Waals surface area contributed by atoms with Crippen molar-refractivity contribution in [2.75, 3.05) is 12.4 Å². The van der Waals surface area contributed by atoms with Crippen LogP contribution in [-0.4, -0.2) is 76.3 Å². The SMILES string of the molecule is CC(C)C(N)C(=O)NC(CS)C(=O)NC(CCC(N)=O)C(=O)NC(CO)C(=O)O. The van der Waals surface area contributed by atoms with E-state index < -0.39 is 60.4 Å². The van der Waals surface area contributed by atoms with Crippen molar-refractivity contribution in [3.05, 3.63) is 0 Å². The molecule has 0 saturated heterocycles. The third-order valence-electron chi connectivity index (χ3n) is 3.95. The highest BCUT2D eigenvalue weighted by Gasteiger charge is 2.30. The monoisotopic (exact) mass is 435 g/mol. The number of rotatable bonds is 13. The summed E-state index contributed by atoms with van der Waals surface area (Å²) < 4.78 is 0. The van der Waals surface area contributed by atoms with Crippen molar-refractivity contribution in [2.24, 2.45) is 17.4 Å². The second-order valence-corrected chi connectivity index (χ2v) is 7.03. The van der Waals surface area contributed by atoms with Gasteiger partial charge >= 0.3 is 5.97 Å². The van der Waals surface area contributed by atoms with E-state index in [0.717, 1.165) is 0 Å². The molecule has 0 bridgehead atoms. The van der Waals surface area contributed by atoms with Crippen LogP contribution in [0, 0.1) is 5.92 Å². The average molecular weight is 436 g/mol. The molecule has 0 fully saturated rings. The molecule has 4 unspecified atom stereocenters. The second-order valence-electron chi connectivity index (χ2n) is 6.66. The number of aliphatic hydroxyl groups is 1. The predicted molar refractivity (Wildman–Crippen MR) is 106 cm³/mol. The van der Waals surface area contributed by atoms with E-state index in [0.29, 0.717) is 0 Å². The Hall–Kier alpha value is -2.38. The molecule has 4 atom stereocenters. The molecule has 13 heteroatoms. The highest BCUT2D eigenvalue weighted by atomic mass is 32.1. The molecule has 29 heavy (non-hydrogen) atoms. The average Bonchev–Trinajstić information content (AvgIpc) is 2.65. The predicted octanol–water partition coefficient (Wildman–Crippen LogP) is -3.30. The van der Waals surface area contributed by atoms with Crippen LogP contribution < -0.4 is 27.4 Å². The van der Waals surface area contributed by atoms with E-state index in [9.17, 15) is 24.0 Å². The molecule has 0 saturated carbocycles. The highest BCUT2D eigenvalue weighted by Crippen LogP contribution is 2.03. The Morgan fingerprint density at radius 1 is 0.931 bits per heavy atom. The molecule has 0 heterocycles. The van der Waals surface area contributed by atoms with Crippen molar-refractivity contribution >= 4 is 42.2 Å². The van der Waals surface area contributed by atoms with Gasteiger partial charge in [0.15, 0.2) is 0 Å². The van der Waals surface area contributed by atoms with Gasteiger partial charge in [-0.3, -0.25) is 19.2 Å². The van der Waals surface area contributed by atoms with Crippen molar-refractivity contribution in [3.8, 4) is 0 Å². The normalized spacial score (nSPS) is 15.0. The molecule has 4 amide bonds. The van der Waals surface area contributed by atoms with Gasteiger partial charge in [-0.25, -0.2) is 4.79 Å². The summed E-state index contributed by atoms with van der Waals surface area (Å²) in [6.07, 6.45) is -0.491. The van der Waals surface area contributed by atoms with E-state index in [2.05, 4.69) is 23.3 Å². The first kappa shape index (κ1) is 26.6. The summed E-state index contributed by atoms with van der Waals surface area (Å²) in [6.45, 7) is 2.58. The third-order valence-corrected chi connectivity index (χ3v) is 4.31. The Kier molecular flexibility index (Phi) is 11.9. The lowest BCUT2D eigenvalue weighted by Gasteiger charge is -2.24. The maximum atomic E-state index is 12.5. The fourth-order valence-electron chi connectivity index (χ4n) is 2.05. The van der Waals surface area contributed by atoms with Gasteiger partial charge in [0, 0.05) is 12.2 Å². The Morgan fingerprint density at radius 3 is 1.83 bits per heavy atom. The lowest BCUT2D eigenvalue weighted by molar-refractivity contribution is -0.143. The molecule has 0 aliphatic rings. The lowest BCUT2D eigenvalue weighted by atomic mass is 10.0. The molecule has 0 aromatic rings. The van der Waals surface area contributed by atoms with Gasteiger partial charge in [0.25, 0.3) is 0 Å². The number of aliphatic carboxylic acids is 1. The molecule has 0 aliphatic carbocycles. The van der Waals surface area contributed by atoms with E-state index in [-0.39, 0.29) is 24.5 Å². The van der Waals surface area contributed by atoms with Crippen molar-refractivity contribution in [1.29, 1.82) is 0 Å². The summed E-state index contributed by atoms with van der Waals surface area (Å²) in [5.41, 5.74) is 10.8. The Balaban J connectivity index is 5.24. The zero-order valence-electron chi connectivity index (χ0n) is 16.3. The van der Waals surface area contributed by atoms with E-state index in [1.807, 2.05) is 5.32 Å². The summed E-state index contributed by atoms with van der Waals surface area (Å²) in [5.74, 6) is -4.83. The Morgan fingerprint density at radius 2 is 1.41 bits per heavy atom. The number of carboxylic acid groups (broad SMARTS) is 1.